The third-order valence-corrected chi connectivity index (χ3v) is 5.86. The summed E-state index contributed by atoms with van der Waals surface area (Å²) >= 11 is 0. The van der Waals surface area contributed by atoms with Crippen LogP contribution in [0.3, 0.4) is 0 Å². The molecular formula is C23H20N2O7S. The van der Waals surface area contributed by atoms with Gasteiger partial charge in [-0.2, -0.15) is 0 Å². The van der Waals surface area contributed by atoms with E-state index < -0.39 is 27.9 Å². The Morgan fingerprint density at radius 2 is 1.21 bits per heavy atom. The van der Waals surface area contributed by atoms with Crippen LogP contribution in [0.5, 0.6) is 0 Å². The van der Waals surface area contributed by atoms with Gasteiger partial charge >= 0.3 is 11.9 Å². The summed E-state index contributed by atoms with van der Waals surface area (Å²) in [7, 11) is -1.58. The maximum absolute atomic E-state index is 12.8. The van der Waals surface area contributed by atoms with Gasteiger partial charge in [-0.3, -0.25) is 9.52 Å². The largest absolute Gasteiger partial charge is 0.465 e. The first-order valence-electron chi connectivity index (χ1n) is 9.54. The molecule has 0 saturated carbocycles. The molecule has 0 aliphatic rings. The van der Waals surface area contributed by atoms with E-state index in [1.54, 1.807) is 12.1 Å². The fourth-order valence-corrected chi connectivity index (χ4v) is 3.99. The van der Waals surface area contributed by atoms with E-state index in [0.717, 1.165) is 0 Å². The number of nitrogens with one attached hydrogen (secondary N) is 2. The molecule has 0 bridgehead atoms. The number of anilines is 2. The van der Waals surface area contributed by atoms with Crippen LogP contribution in [0.1, 0.15) is 31.1 Å². The van der Waals surface area contributed by atoms with E-state index in [1.807, 2.05) is 0 Å². The van der Waals surface area contributed by atoms with Crippen LogP contribution in [0.25, 0.3) is 0 Å². The molecule has 170 valence electrons. The number of hydrogen-bond donors (Lipinski definition) is 2. The van der Waals surface area contributed by atoms with E-state index in [4.69, 9.17) is 0 Å². The van der Waals surface area contributed by atoms with Crippen molar-refractivity contribution >= 4 is 39.2 Å². The lowest BCUT2D eigenvalue weighted by molar-refractivity contribution is 0.0592. The topological polar surface area (TPSA) is 128 Å². The van der Waals surface area contributed by atoms with Crippen LogP contribution in [-0.2, 0) is 19.5 Å². The molecule has 0 aliphatic heterocycles. The monoisotopic (exact) mass is 468 g/mol. The first kappa shape index (κ1) is 23.5. The molecule has 3 aromatic carbocycles. The number of esters is 2. The molecule has 0 heterocycles. The number of carbonyl (C=O) groups excluding carboxylic acids is 3. The number of amides is 1. The normalized spacial score (nSPS) is 10.7. The zero-order valence-electron chi connectivity index (χ0n) is 17.7. The summed E-state index contributed by atoms with van der Waals surface area (Å²) in [6.45, 7) is 0. The molecule has 3 aromatic rings. The maximum Gasteiger partial charge on any atom is 0.337 e. The number of methoxy groups -OCH3 is 2. The lowest BCUT2D eigenvalue weighted by Gasteiger charge is -2.11. The molecule has 0 radical (unpaired) electrons. The number of benzene rings is 3. The summed E-state index contributed by atoms with van der Waals surface area (Å²) < 4.78 is 37.3. The standard InChI is InChI=1S/C23H20N2O7S/c1-31-22(27)16-7-3-9-18(12-16)24-21(26)15-6-5-11-20(14-15)33(29,30)25-19-10-4-8-17(13-19)23(28)32-2/h3-14,25H,1-2H3,(H,24,26). The summed E-state index contributed by atoms with van der Waals surface area (Å²) in [6, 6.07) is 17.4. The highest BCUT2D eigenvalue weighted by molar-refractivity contribution is 7.92. The fourth-order valence-electron chi connectivity index (χ4n) is 2.89. The molecule has 1 amide bonds. The Bertz CT molecular complexity index is 1320. The van der Waals surface area contributed by atoms with Gasteiger partial charge in [0.1, 0.15) is 0 Å². The minimum absolute atomic E-state index is 0.0876. The Morgan fingerprint density at radius 3 is 1.82 bits per heavy atom. The van der Waals surface area contributed by atoms with Gasteiger partial charge in [0.25, 0.3) is 15.9 Å². The molecule has 10 heteroatoms. The Hall–Kier alpha value is -4.18. The van der Waals surface area contributed by atoms with E-state index in [1.165, 1.54) is 74.9 Å². The van der Waals surface area contributed by atoms with Gasteiger partial charge in [-0.1, -0.05) is 18.2 Å². The second-order valence-electron chi connectivity index (χ2n) is 6.73. The first-order chi connectivity index (χ1) is 15.7. The van der Waals surface area contributed by atoms with Crippen LogP contribution in [0.15, 0.2) is 77.7 Å². The van der Waals surface area contributed by atoms with E-state index >= 15 is 0 Å². The number of ether oxygens (including phenoxy) is 2. The zero-order valence-corrected chi connectivity index (χ0v) is 18.5. The Balaban J connectivity index is 1.80. The third-order valence-electron chi connectivity index (χ3n) is 4.48. The van der Waals surface area contributed by atoms with E-state index in [-0.39, 0.29) is 27.3 Å². The summed E-state index contributed by atoms with van der Waals surface area (Å²) in [5, 5.41) is 2.62. The second kappa shape index (κ2) is 9.96. The predicted molar refractivity (Wildman–Crippen MR) is 121 cm³/mol. The number of hydrogen-bond acceptors (Lipinski definition) is 7. The SMILES string of the molecule is COC(=O)c1cccc(NC(=O)c2cccc(S(=O)(=O)Nc3cccc(C(=O)OC)c3)c2)c1. The van der Waals surface area contributed by atoms with Crippen molar-refractivity contribution < 1.29 is 32.3 Å². The van der Waals surface area contributed by atoms with E-state index in [2.05, 4.69) is 19.5 Å². The maximum atomic E-state index is 12.8. The van der Waals surface area contributed by atoms with Crippen LogP contribution in [-0.4, -0.2) is 40.5 Å². The molecule has 3 rings (SSSR count). The van der Waals surface area contributed by atoms with Gasteiger partial charge in [0.15, 0.2) is 0 Å². The molecule has 0 fully saturated rings. The van der Waals surface area contributed by atoms with Gasteiger partial charge in [0.05, 0.1) is 30.2 Å². The van der Waals surface area contributed by atoms with Gasteiger partial charge < -0.3 is 14.8 Å². The van der Waals surface area contributed by atoms with Crippen molar-refractivity contribution in [2.45, 2.75) is 4.90 Å². The van der Waals surface area contributed by atoms with Crippen molar-refractivity contribution in [1.82, 2.24) is 0 Å². The molecule has 33 heavy (non-hydrogen) atoms. The molecule has 0 spiro atoms. The minimum atomic E-state index is -4.06. The van der Waals surface area contributed by atoms with Crippen molar-refractivity contribution in [3.8, 4) is 0 Å². The molecule has 0 aliphatic carbocycles. The zero-order chi connectivity index (χ0) is 24.0. The fraction of sp³-hybridized carbons (Fsp3) is 0.0870. The van der Waals surface area contributed by atoms with Crippen LogP contribution in [0.4, 0.5) is 11.4 Å². The van der Waals surface area contributed by atoms with Crippen molar-refractivity contribution in [2.75, 3.05) is 24.3 Å². The van der Waals surface area contributed by atoms with Gasteiger partial charge in [0.2, 0.25) is 0 Å². The lowest BCUT2D eigenvalue weighted by atomic mass is 10.1. The van der Waals surface area contributed by atoms with Crippen molar-refractivity contribution in [3.63, 3.8) is 0 Å². The second-order valence-corrected chi connectivity index (χ2v) is 8.41. The quantitative estimate of drug-likeness (QED) is 0.509. The lowest BCUT2D eigenvalue weighted by Crippen LogP contribution is -2.16. The Labute approximate surface area is 190 Å². The first-order valence-corrected chi connectivity index (χ1v) is 11.0. The van der Waals surface area contributed by atoms with Crippen LogP contribution >= 0.6 is 0 Å². The van der Waals surface area contributed by atoms with Gasteiger partial charge in [0, 0.05) is 16.9 Å². The molecule has 2 N–H and O–H groups in total. The summed E-state index contributed by atoms with van der Waals surface area (Å²) in [5.74, 6) is -1.73. The molecule has 0 atom stereocenters. The van der Waals surface area contributed by atoms with Crippen molar-refractivity contribution in [1.29, 1.82) is 0 Å². The van der Waals surface area contributed by atoms with E-state index in [0.29, 0.717) is 5.69 Å². The molecular weight excluding hydrogens is 448 g/mol. The van der Waals surface area contributed by atoms with Crippen LogP contribution in [0.2, 0.25) is 0 Å². The predicted octanol–water partition coefficient (Wildman–Crippen LogP) is 3.31. The number of sulfonamides is 1. The average Bonchev–Trinajstić information content (AvgIpc) is 2.83. The highest BCUT2D eigenvalue weighted by Gasteiger charge is 2.18. The molecule has 0 saturated heterocycles. The van der Waals surface area contributed by atoms with Crippen LogP contribution in [0, 0.1) is 0 Å². The van der Waals surface area contributed by atoms with E-state index in [9.17, 15) is 22.8 Å². The van der Waals surface area contributed by atoms with Gasteiger partial charge in [-0.15, -0.1) is 0 Å². The Morgan fingerprint density at radius 1 is 0.697 bits per heavy atom. The van der Waals surface area contributed by atoms with Crippen LogP contribution < -0.4 is 10.0 Å². The van der Waals surface area contributed by atoms with Crippen molar-refractivity contribution in [3.05, 3.63) is 89.5 Å². The van der Waals surface area contributed by atoms with Gasteiger partial charge in [-0.05, 0) is 54.6 Å². The Kier molecular flexibility index (Phi) is 7.09. The van der Waals surface area contributed by atoms with Gasteiger partial charge in [-0.25, -0.2) is 18.0 Å². The number of carbonyl (C=O) groups is 3. The third kappa shape index (κ3) is 5.74. The molecule has 9 nitrogen and oxygen atoms in total. The van der Waals surface area contributed by atoms with Crippen molar-refractivity contribution in [2.24, 2.45) is 0 Å². The summed E-state index contributed by atoms with van der Waals surface area (Å²) in [4.78, 5) is 35.9. The summed E-state index contributed by atoms with van der Waals surface area (Å²) in [6.07, 6.45) is 0. The molecule has 0 aromatic heterocycles. The highest BCUT2D eigenvalue weighted by Crippen LogP contribution is 2.20. The molecule has 0 unspecified atom stereocenters. The summed E-state index contributed by atoms with van der Waals surface area (Å²) in [5.41, 5.74) is 1.02. The smallest absolute Gasteiger partial charge is 0.337 e. The highest BCUT2D eigenvalue weighted by atomic mass is 32.2. The number of rotatable bonds is 7. The average molecular weight is 468 g/mol. The minimum Gasteiger partial charge on any atom is -0.465 e.